The second-order valence-electron chi connectivity index (χ2n) is 4.93. The van der Waals surface area contributed by atoms with Gasteiger partial charge < -0.3 is 5.32 Å². The molecule has 6 nitrogen and oxygen atoms in total. The molecule has 2 heterocycles. The molecule has 0 bridgehead atoms. The minimum atomic E-state index is -0.464. The number of aryl methyl sites for hydroxylation is 1. The predicted octanol–water partition coefficient (Wildman–Crippen LogP) is 3.73. The van der Waals surface area contributed by atoms with Crippen molar-refractivity contribution in [1.29, 1.82) is 5.26 Å². The lowest BCUT2D eigenvalue weighted by molar-refractivity contribution is -0.380. The van der Waals surface area contributed by atoms with Crippen LogP contribution in [0, 0.1) is 21.4 Å². The van der Waals surface area contributed by atoms with Gasteiger partial charge in [0.15, 0.2) is 0 Å². The standard InChI is InChI=1S/C15H11N3O3S2/c16-8-11-10-2-1-3-12(10)23-15(11)17-13(19)6-4-9-5-7-14(22-9)18(20)21/h4-7H,1-3H2,(H,17,19). The van der Waals surface area contributed by atoms with Gasteiger partial charge in [0.1, 0.15) is 11.1 Å². The molecule has 116 valence electrons. The molecule has 0 saturated carbocycles. The third-order valence-electron chi connectivity index (χ3n) is 3.46. The van der Waals surface area contributed by atoms with Gasteiger partial charge >= 0.3 is 5.00 Å². The van der Waals surface area contributed by atoms with Crippen molar-refractivity contribution in [3.05, 3.63) is 49.2 Å². The minimum absolute atomic E-state index is 0.0338. The van der Waals surface area contributed by atoms with Crippen LogP contribution in [0.5, 0.6) is 0 Å². The third kappa shape index (κ3) is 3.16. The quantitative estimate of drug-likeness (QED) is 0.519. The number of nitriles is 1. The monoisotopic (exact) mass is 345 g/mol. The highest BCUT2D eigenvalue weighted by molar-refractivity contribution is 7.17. The molecule has 2 aromatic rings. The second kappa shape index (κ2) is 6.32. The maximum atomic E-state index is 12.0. The van der Waals surface area contributed by atoms with Crippen LogP contribution in [0.15, 0.2) is 18.2 Å². The zero-order valence-electron chi connectivity index (χ0n) is 11.9. The summed E-state index contributed by atoms with van der Waals surface area (Å²) in [5.41, 5.74) is 1.63. The van der Waals surface area contributed by atoms with Crippen molar-refractivity contribution in [2.75, 3.05) is 5.32 Å². The SMILES string of the molecule is N#Cc1c(NC(=O)C=Cc2ccc([N+](=O)[O-])s2)sc2c1CCC2. The first-order chi connectivity index (χ1) is 11.1. The number of amides is 1. The van der Waals surface area contributed by atoms with Gasteiger partial charge in [0.25, 0.3) is 0 Å². The fourth-order valence-corrected chi connectivity index (χ4v) is 4.42. The number of nitrogens with one attached hydrogen (secondary N) is 1. The molecule has 0 aliphatic heterocycles. The number of carbonyl (C=O) groups is 1. The molecule has 1 amide bonds. The van der Waals surface area contributed by atoms with E-state index < -0.39 is 4.92 Å². The zero-order valence-corrected chi connectivity index (χ0v) is 13.5. The van der Waals surface area contributed by atoms with Crippen LogP contribution >= 0.6 is 22.7 Å². The molecule has 8 heteroatoms. The van der Waals surface area contributed by atoms with Gasteiger partial charge in [-0.1, -0.05) is 11.3 Å². The van der Waals surface area contributed by atoms with Gasteiger partial charge in [0.05, 0.1) is 10.5 Å². The number of anilines is 1. The van der Waals surface area contributed by atoms with Gasteiger partial charge in [-0.2, -0.15) is 5.26 Å². The molecular formula is C15H11N3O3S2. The van der Waals surface area contributed by atoms with E-state index in [9.17, 15) is 20.2 Å². The van der Waals surface area contributed by atoms with Crippen molar-refractivity contribution in [2.45, 2.75) is 19.3 Å². The summed E-state index contributed by atoms with van der Waals surface area (Å²) in [6.45, 7) is 0. The van der Waals surface area contributed by atoms with Crippen LogP contribution in [0.25, 0.3) is 6.08 Å². The molecule has 1 N–H and O–H groups in total. The minimum Gasteiger partial charge on any atom is -0.313 e. The van der Waals surface area contributed by atoms with Gasteiger partial charge in [0.2, 0.25) is 5.91 Å². The Hall–Kier alpha value is -2.50. The Morgan fingerprint density at radius 1 is 1.39 bits per heavy atom. The van der Waals surface area contributed by atoms with Crippen LogP contribution < -0.4 is 5.32 Å². The Kier molecular flexibility index (Phi) is 4.23. The van der Waals surface area contributed by atoms with E-state index in [2.05, 4.69) is 11.4 Å². The Morgan fingerprint density at radius 3 is 2.91 bits per heavy atom. The van der Waals surface area contributed by atoms with E-state index in [-0.39, 0.29) is 10.9 Å². The maximum Gasteiger partial charge on any atom is 0.324 e. The molecule has 3 rings (SSSR count). The van der Waals surface area contributed by atoms with Gasteiger partial charge in [0, 0.05) is 21.9 Å². The van der Waals surface area contributed by atoms with Crippen molar-refractivity contribution in [1.82, 2.24) is 0 Å². The van der Waals surface area contributed by atoms with Crippen molar-refractivity contribution in [3.8, 4) is 6.07 Å². The Bertz CT molecular complexity index is 858. The Balaban J connectivity index is 1.71. The second-order valence-corrected chi connectivity index (χ2v) is 7.13. The summed E-state index contributed by atoms with van der Waals surface area (Å²) in [4.78, 5) is 23.9. The molecule has 2 aromatic heterocycles. The number of nitrogens with zero attached hydrogens (tertiary/aromatic N) is 2. The van der Waals surface area contributed by atoms with E-state index in [1.807, 2.05) is 0 Å². The van der Waals surface area contributed by atoms with Gasteiger partial charge in [-0.05, 0) is 37.0 Å². The highest BCUT2D eigenvalue weighted by Gasteiger charge is 2.22. The van der Waals surface area contributed by atoms with Crippen molar-refractivity contribution < 1.29 is 9.72 Å². The number of hydrogen-bond acceptors (Lipinski definition) is 6. The summed E-state index contributed by atoms with van der Waals surface area (Å²) in [7, 11) is 0. The summed E-state index contributed by atoms with van der Waals surface area (Å²) >= 11 is 2.46. The number of carbonyl (C=O) groups excluding carboxylic acids is 1. The Morgan fingerprint density at radius 2 is 2.22 bits per heavy atom. The smallest absolute Gasteiger partial charge is 0.313 e. The van der Waals surface area contributed by atoms with E-state index in [0.717, 1.165) is 36.2 Å². The molecule has 23 heavy (non-hydrogen) atoms. The lowest BCUT2D eigenvalue weighted by Gasteiger charge is -1.99. The van der Waals surface area contributed by atoms with Crippen molar-refractivity contribution in [3.63, 3.8) is 0 Å². The lowest BCUT2D eigenvalue weighted by atomic mass is 10.1. The molecule has 0 aromatic carbocycles. The molecule has 0 atom stereocenters. The van der Waals surface area contributed by atoms with Crippen molar-refractivity contribution in [2.24, 2.45) is 0 Å². The van der Waals surface area contributed by atoms with E-state index in [0.29, 0.717) is 15.4 Å². The van der Waals surface area contributed by atoms with E-state index in [1.54, 1.807) is 6.07 Å². The normalized spacial score (nSPS) is 13.0. The first-order valence-corrected chi connectivity index (χ1v) is 8.49. The fraction of sp³-hybridized carbons (Fsp3) is 0.200. The summed E-state index contributed by atoms with van der Waals surface area (Å²) < 4.78 is 0. The van der Waals surface area contributed by atoms with E-state index in [1.165, 1.54) is 34.4 Å². The summed E-state index contributed by atoms with van der Waals surface area (Å²) in [5, 5.41) is 23.2. The maximum absolute atomic E-state index is 12.0. The molecule has 0 fully saturated rings. The first-order valence-electron chi connectivity index (χ1n) is 6.86. The molecule has 1 aliphatic rings. The van der Waals surface area contributed by atoms with E-state index >= 15 is 0 Å². The van der Waals surface area contributed by atoms with Crippen molar-refractivity contribution >= 4 is 44.7 Å². The van der Waals surface area contributed by atoms with Crippen LogP contribution in [0.3, 0.4) is 0 Å². The highest BCUT2D eigenvalue weighted by atomic mass is 32.1. The first kappa shape index (κ1) is 15.4. The summed E-state index contributed by atoms with van der Waals surface area (Å²) in [6, 6.07) is 5.16. The van der Waals surface area contributed by atoms with E-state index in [4.69, 9.17) is 0 Å². The number of nitro groups is 1. The molecule has 0 spiro atoms. The molecule has 1 aliphatic carbocycles. The molecular weight excluding hydrogens is 334 g/mol. The van der Waals surface area contributed by atoms with Gasteiger partial charge in [-0.3, -0.25) is 14.9 Å². The third-order valence-corrected chi connectivity index (χ3v) is 5.67. The Labute approximate surface area is 139 Å². The average molecular weight is 345 g/mol. The van der Waals surface area contributed by atoms with Crippen LogP contribution in [0.2, 0.25) is 0 Å². The summed E-state index contributed by atoms with van der Waals surface area (Å²) in [5.74, 6) is -0.350. The topological polar surface area (TPSA) is 96.0 Å². The molecule has 0 unspecified atom stereocenters. The lowest BCUT2D eigenvalue weighted by Crippen LogP contribution is -2.07. The molecule has 0 radical (unpaired) electrons. The van der Waals surface area contributed by atoms with Crippen LogP contribution in [0.1, 0.15) is 27.3 Å². The summed E-state index contributed by atoms with van der Waals surface area (Å²) in [6.07, 6.45) is 5.75. The average Bonchev–Trinajstić information content (AvgIpc) is 3.20. The number of hydrogen-bond donors (Lipinski definition) is 1. The van der Waals surface area contributed by atoms with Gasteiger partial charge in [-0.25, -0.2) is 0 Å². The number of thiophene rings is 2. The highest BCUT2D eigenvalue weighted by Crippen LogP contribution is 2.38. The predicted molar refractivity (Wildman–Crippen MR) is 89.7 cm³/mol. The fourth-order valence-electron chi connectivity index (χ4n) is 2.45. The molecule has 0 saturated heterocycles. The van der Waals surface area contributed by atoms with Crippen LogP contribution in [-0.2, 0) is 17.6 Å². The number of rotatable bonds is 4. The number of fused-ring (bicyclic) bond motifs is 1. The zero-order chi connectivity index (χ0) is 16.4. The van der Waals surface area contributed by atoms with Crippen LogP contribution in [-0.4, -0.2) is 10.8 Å². The largest absolute Gasteiger partial charge is 0.324 e. The van der Waals surface area contributed by atoms with Gasteiger partial charge in [-0.15, -0.1) is 11.3 Å². The van der Waals surface area contributed by atoms with Crippen LogP contribution in [0.4, 0.5) is 10.0 Å².